The number of carbonyl (C=O) groups is 1. The Morgan fingerprint density at radius 2 is 1.92 bits per heavy atom. The third-order valence-corrected chi connectivity index (χ3v) is 4.42. The number of benzene rings is 2. The average molecular weight is 334 g/mol. The van der Waals surface area contributed by atoms with Crippen LogP contribution in [0.4, 0.5) is 0 Å². The number of hydrogen-bond donors (Lipinski definition) is 0. The summed E-state index contributed by atoms with van der Waals surface area (Å²) in [4.78, 5) is 11.8. The maximum absolute atomic E-state index is 11.8. The lowest BCUT2D eigenvalue weighted by Gasteiger charge is -2.32. The van der Waals surface area contributed by atoms with Gasteiger partial charge in [-0.1, -0.05) is 31.8 Å². The maximum atomic E-state index is 11.8. The van der Waals surface area contributed by atoms with Gasteiger partial charge in [0.2, 0.25) is 0 Å². The molecule has 0 radical (unpaired) electrons. The van der Waals surface area contributed by atoms with Gasteiger partial charge in [-0.15, -0.1) is 0 Å². The van der Waals surface area contributed by atoms with E-state index < -0.39 is 0 Å². The van der Waals surface area contributed by atoms with E-state index >= 15 is 0 Å². The Hall–Kier alpha value is -2.73. The number of rotatable bonds is 2. The summed E-state index contributed by atoms with van der Waals surface area (Å²) in [5, 5.41) is 0. The molecule has 0 bridgehead atoms. The second kappa shape index (κ2) is 7.03. The van der Waals surface area contributed by atoms with Crippen LogP contribution in [0, 0.1) is 11.8 Å². The zero-order valence-corrected chi connectivity index (χ0v) is 14.9. The molecule has 2 aromatic rings. The predicted octanol–water partition coefficient (Wildman–Crippen LogP) is 4.32. The molecule has 3 heteroatoms. The van der Waals surface area contributed by atoms with Gasteiger partial charge in [-0.05, 0) is 55.2 Å². The van der Waals surface area contributed by atoms with Crippen molar-refractivity contribution in [1.29, 1.82) is 0 Å². The van der Waals surface area contributed by atoms with Gasteiger partial charge >= 0.3 is 5.97 Å². The quantitative estimate of drug-likeness (QED) is 0.606. The summed E-state index contributed by atoms with van der Waals surface area (Å²) in [7, 11) is 0. The SMILES string of the molecule is CCOC(=O)c1cccc(C#Cc2ccc3c(c2)C(C)(C)CCO3)c1. The Morgan fingerprint density at radius 1 is 1.16 bits per heavy atom. The zero-order valence-electron chi connectivity index (χ0n) is 14.9. The molecule has 0 fully saturated rings. The smallest absolute Gasteiger partial charge is 0.338 e. The molecule has 0 saturated heterocycles. The van der Waals surface area contributed by atoms with Crippen molar-refractivity contribution in [3.63, 3.8) is 0 Å². The van der Waals surface area contributed by atoms with Crippen molar-refractivity contribution >= 4 is 5.97 Å². The van der Waals surface area contributed by atoms with Crippen LogP contribution >= 0.6 is 0 Å². The first-order valence-corrected chi connectivity index (χ1v) is 8.56. The molecule has 0 aliphatic carbocycles. The van der Waals surface area contributed by atoms with Crippen molar-refractivity contribution in [2.24, 2.45) is 0 Å². The Kier molecular flexibility index (Phi) is 4.81. The van der Waals surface area contributed by atoms with Gasteiger partial charge < -0.3 is 9.47 Å². The Balaban J connectivity index is 1.87. The minimum absolute atomic E-state index is 0.0924. The van der Waals surface area contributed by atoms with Gasteiger partial charge in [-0.3, -0.25) is 0 Å². The average Bonchev–Trinajstić information content (AvgIpc) is 2.60. The molecule has 3 rings (SSSR count). The molecule has 0 N–H and O–H groups in total. The van der Waals surface area contributed by atoms with E-state index in [0.29, 0.717) is 12.2 Å². The summed E-state index contributed by atoms with van der Waals surface area (Å²) < 4.78 is 10.8. The second-order valence-electron chi connectivity index (χ2n) is 6.74. The highest BCUT2D eigenvalue weighted by Gasteiger charge is 2.28. The number of hydrogen-bond acceptors (Lipinski definition) is 3. The van der Waals surface area contributed by atoms with Crippen LogP contribution < -0.4 is 4.74 Å². The van der Waals surface area contributed by atoms with Crippen LogP contribution in [0.3, 0.4) is 0 Å². The third kappa shape index (κ3) is 3.85. The number of fused-ring (bicyclic) bond motifs is 1. The maximum Gasteiger partial charge on any atom is 0.338 e. The van der Waals surface area contributed by atoms with Crippen LogP contribution in [-0.2, 0) is 10.2 Å². The molecule has 25 heavy (non-hydrogen) atoms. The summed E-state index contributed by atoms with van der Waals surface area (Å²) in [5.41, 5.74) is 3.55. The van der Waals surface area contributed by atoms with Gasteiger partial charge in [0.1, 0.15) is 5.75 Å². The molecule has 0 amide bonds. The number of esters is 1. The van der Waals surface area contributed by atoms with Gasteiger partial charge in [0.25, 0.3) is 0 Å². The van der Waals surface area contributed by atoms with Crippen molar-refractivity contribution in [1.82, 2.24) is 0 Å². The fourth-order valence-corrected chi connectivity index (χ4v) is 2.90. The van der Waals surface area contributed by atoms with E-state index in [1.807, 2.05) is 24.3 Å². The van der Waals surface area contributed by atoms with E-state index in [0.717, 1.165) is 29.9 Å². The van der Waals surface area contributed by atoms with Crippen LogP contribution in [-0.4, -0.2) is 19.2 Å². The van der Waals surface area contributed by atoms with Gasteiger partial charge in [0.05, 0.1) is 18.8 Å². The monoisotopic (exact) mass is 334 g/mol. The highest BCUT2D eigenvalue weighted by Crippen LogP contribution is 2.38. The Morgan fingerprint density at radius 3 is 2.68 bits per heavy atom. The minimum atomic E-state index is -0.321. The summed E-state index contributed by atoms with van der Waals surface area (Å²) in [6, 6.07) is 13.3. The van der Waals surface area contributed by atoms with Gasteiger partial charge in [0, 0.05) is 16.7 Å². The predicted molar refractivity (Wildman–Crippen MR) is 98.0 cm³/mol. The van der Waals surface area contributed by atoms with E-state index in [2.05, 4.69) is 31.8 Å². The van der Waals surface area contributed by atoms with E-state index in [9.17, 15) is 4.79 Å². The van der Waals surface area contributed by atoms with Crippen LogP contribution in [0.1, 0.15) is 54.2 Å². The second-order valence-corrected chi connectivity index (χ2v) is 6.74. The molecular formula is C22H22O3. The van der Waals surface area contributed by atoms with E-state index in [4.69, 9.17) is 9.47 Å². The highest BCUT2D eigenvalue weighted by molar-refractivity contribution is 5.89. The first-order valence-electron chi connectivity index (χ1n) is 8.56. The van der Waals surface area contributed by atoms with E-state index in [1.165, 1.54) is 5.56 Å². The minimum Gasteiger partial charge on any atom is -0.493 e. The summed E-state index contributed by atoms with van der Waals surface area (Å²) in [6.45, 7) is 7.37. The van der Waals surface area contributed by atoms with Crippen LogP contribution in [0.15, 0.2) is 42.5 Å². The molecule has 1 heterocycles. The van der Waals surface area contributed by atoms with Crippen LogP contribution in [0.5, 0.6) is 5.75 Å². The lowest BCUT2D eigenvalue weighted by atomic mass is 9.79. The zero-order chi connectivity index (χ0) is 17.9. The van der Waals surface area contributed by atoms with Crippen molar-refractivity contribution in [2.75, 3.05) is 13.2 Å². The van der Waals surface area contributed by atoms with E-state index in [-0.39, 0.29) is 11.4 Å². The van der Waals surface area contributed by atoms with Gasteiger partial charge in [0.15, 0.2) is 0 Å². The molecule has 0 saturated carbocycles. The Bertz CT molecular complexity index is 853. The Labute approximate surface area is 149 Å². The number of ether oxygens (including phenoxy) is 2. The van der Waals surface area contributed by atoms with Crippen LogP contribution in [0.2, 0.25) is 0 Å². The van der Waals surface area contributed by atoms with Crippen molar-refractivity contribution in [2.45, 2.75) is 32.6 Å². The lowest BCUT2D eigenvalue weighted by Crippen LogP contribution is -2.26. The first-order chi connectivity index (χ1) is 12.0. The van der Waals surface area contributed by atoms with Crippen molar-refractivity contribution in [3.05, 3.63) is 64.7 Å². The van der Waals surface area contributed by atoms with Crippen molar-refractivity contribution < 1.29 is 14.3 Å². The molecule has 128 valence electrons. The lowest BCUT2D eigenvalue weighted by molar-refractivity contribution is 0.0526. The third-order valence-electron chi connectivity index (χ3n) is 4.42. The fourth-order valence-electron chi connectivity index (χ4n) is 2.90. The molecule has 1 aliphatic heterocycles. The van der Waals surface area contributed by atoms with Gasteiger partial charge in [-0.2, -0.15) is 0 Å². The topological polar surface area (TPSA) is 35.5 Å². The highest BCUT2D eigenvalue weighted by atomic mass is 16.5. The molecule has 0 unspecified atom stereocenters. The van der Waals surface area contributed by atoms with E-state index in [1.54, 1.807) is 19.1 Å². The molecule has 3 nitrogen and oxygen atoms in total. The van der Waals surface area contributed by atoms with Gasteiger partial charge in [-0.25, -0.2) is 4.79 Å². The molecule has 2 aromatic carbocycles. The molecule has 0 spiro atoms. The number of carbonyl (C=O) groups excluding carboxylic acids is 1. The van der Waals surface area contributed by atoms with Crippen LogP contribution in [0.25, 0.3) is 0 Å². The standard InChI is InChI=1S/C22H22O3/c1-4-24-21(23)18-7-5-6-16(14-18)8-9-17-10-11-20-19(15-17)22(2,3)12-13-25-20/h5-7,10-11,14-15H,4,12-13H2,1-3H3. The summed E-state index contributed by atoms with van der Waals surface area (Å²) in [6.07, 6.45) is 0.998. The fraction of sp³-hybridized carbons (Fsp3) is 0.318. The van der Waals surface area contributed by atoms with Crippen molar-refractivity contribution in [3.8, 4) is 17.6 Å². The molecule has 0 aromatic heterocycles. The molecular weight excluding hydrogens is 312 g/mol. The summed E-state index contributed by atoms with van der Waals surface area (Å²) >= 11 is 0. The largest absolute Gasteiger partial charge is 0.493 e. The molecule has 1 aliphatic rings. The first kappa shape index (κ1) is 17.1. The normalized spacial score (nSPS) is 14.5. The summed E-state index contributed by atoms with van der Waals surface area (Å²) in [5.74, 6) is 6.95. The molecule has 0 atom stereocenters.